The van der Waals surface area contributed by atoms with Gasteiger partial charge in [0.25, 0.3) is 0 Å². The molecule has 1 atom stereocenters. The molecule has 40 heavy (non-hydrogen) atoms. The van der Waals surface area contributed by atoms with E-state index >= 15 is 0 Å². The molecule has 0 spiro atoms. The summed E-state index contributed by atoms with van der Waals surface area (Å²) in [5, 5.41) is 15.3. The number of phenolic OH excluding ortho intramolecular Hbond substituents is 1. The number of amides is 4. The molecule has 0 aromatic heterocycles. The van der Waals surface area contributed by atoms with Gasteiger partial charge in [0.15, 0.2) is 0 Å². The third kappa shape index (κ3) is 7.11. The van der Waals surface area contributed by atoms with Gasteiger partial charge in [-0.1, -0.05) is 42.5 Å². The number of halogens is 2. The van der Waals surface area contributed by atoms with Gasteiger partial charge in [0.2, 0.25) is 12.3 Å². The predicted octanol–water partition coefficient (Wildman–Crippen LogP) is 3.10. The van der Waals surface area contributed by atoms with Crippen molar-refractivity contribution in [2.75, 3.05) is 26.7 Å². The van der Waals surface area contributed by atoms with E-state index < -0.39 is 23.8 Å². The first-order valence-electron chi connectivity index (χ1n) is 12.8. The van der Waals surface area contributed by atoms with Crippen molar-refractivity contribution >= 4 is 18.3 Å². The lowest BCUT2D eigenvalue weighted by atomic mass is 10.1. The molecule has 1 aliphatic rings. The van der Waals surface area contributed by atoms with E-state index in [0.717, 1.165) is 29.3 Å². The number of rotatable bonds is 10. The fraction of sp³-hybridized carbons (Fsp3) is 0.276. The Hall–Kier alpha value is -4.51. The molecule has 9 nitrogen and oxygen atoms in total. The Kier molecular flexibility index (Phi) is 9.28. The van der Waals surface area contributed by atoms with E-state index in [-0.39, 0.29) is 49.9 Å². The normalized spacial score (nSPS) is 15.7. The lowest BCUT2D eigenvalue weighted by Gasteiger charge is -2.48. The van der Waals surface area contributed by atoms with E-state index in [9.17, 15) is 28.3 Å². The monoisotopic (exact) mass is 551 g/mol. The minimum absolute atomic E-state index is 0.0293. The van der Waals surface area contributed by atoms with Crippen LogP contribution in [0.15, 0.2) is 72.8 Å². The molecular weight excluding hydrogens is 520 g/mol. The molecule has 4 amide bonds. The number of benzene rings is 3. The summed E-state index contributed by atoms with van der Waals surface area (Å²) in [6.07, 6.45) is -0.0200. The van der Waals surface area contributed by atoms with E-state index in [4.69, 9.17) is 0 Å². The van der Waals surface area contributed by atoms with Crippen LogP contribution in [0.25, 0.3) is 0 Å². The van der Waals surface area contributed by atoms with Crippen molar-refractivity contribution < 1.29 is 28.3 Å². The summed E-state index contributed by atoms with van der Waals surface area (Å²) >= 11 is 0. The van der Waals surface area contributed by atoms with Crippen molar-refractivity contribution in [1.82, 2.24) is 25.1 Å². The maximum atomic E-state index is 14.4. The molecule has 0 bridgehead atoms. The number of phenols is 1. The molecule has 1 heterocycles. The average Bonchev–Trinajstić information content (AvgIpc) is 2.94. The molecular formula is C29H31F2N5O4. The van der Waals surface area contributed by atoms with Crippen LogP contribution < -0.4 is 5.32 Å². The fourth-order valence-electron chi connectivity index (χ4n) is 4.63. The molecule has 3 aromatic carbocycles. The zero-order valence-corrected chi connectivity index (χ0v) is 22.0. The fourth-order valence-corrected chi connectivity index (χ4v) is 4.63. The summed E-state index contributed by atoms with van der Waals surface area (Å²) in [4.78, 5) is 41.5. The van der Waals surface area contributed by atoms with Gasteiger partial charge in [-0.05, 0) is 47.9 Å². The Morgan fingerprint density at radius 2 is 1.80 bits per heavy atom. The van der Waals surface area contributed by atoms with E-state index in [1.54, 1.807) is 31.3 Å². The van der Waals surface area contributed by atoms with Crippen LogP contribution in [0.5, 0.6) is 5.75 Å². The third-order valence-corrected chi connectivity index (χ3v) is 6.69. The average molecular weight is 552 g/mol. The Balaban J connectivity index is 1.59. The second-order valence-corrected chi connectivity index (χ2v) is 9.56. The zero-order valence-electron chi connectivity index (χ0n) is 22.0. The van der Waals surface area contributed by atoms with Gasteiger partial charge in [0.1, 0.15) is 23.5 Å². The molecule has 4 rings (SSSR count). The molecule has 1 aliphatic heterocycles. The molecule has 2 N–H and O–H groups in total. The van der Waals surface area contributed by atoms with Crippen molar-refractivity contribution in [3.05, 3.63) is 101 Å². The largest absolute Gasteiger partial charge is 0.508 e. The predicted molar refractivity (Wildman–Crippen MR) is 143 cm³/mol. The van der Waals surface area contributed by atoms with Crippen LogP contribution in [-0.4, -0.2) is 76.1 Å². The van der Waals surface area contributed by atoms with Crippen LogP contribution in [0.1, 0.15) is 16.7 Å². The number of nitrogens with one attached hydrogen (secondary N) is 1. The molecule has 1 unspecified atom stereocenters. The molecule has 1 saturated heterocycles. The molecule has 11 heteroatoms. The minimum atomic E-state index is -0.930. The van der Waals surface area contributed by atoms with Gasteiger partial charge in [0.05, 0.1) is 13.1 Å². The van der Waals surface area contributed by atoms with Crippen LogP contribution in [0, 0.1) is 11.6 Å². The lowest BCUT2D eigenvalue weighted by molar-refractivity contribution is -0.165. The number of hydrogen-bond acceptors (Lipinski definition) is 5. The summed E-state index contributed by atoms with van der Waals surface area (Å²) < 4.78 is 28.2. The van der Waals surface area contributed by atoms with Crippen molar-refractivity contribution in [3.8, 4) is 5.75 Å². The first kappa shape index (κ1) is 28.5. The van der Waals surface area contributed by atoms with E-state index in [2.05, 4.69) is 5.32 Å². The van der Waals surface area contributed by atoms with Crippen LogP contribution in [0.3, 0.4) is 0 Å². The maximum absolute atomic E-state index is 14.4. The lowest BCUT2D eigenvalue weighted by Crippen LogP contribution is -2.69. The standard InChI is InChI=1S/C29H31F2N5O4/c1-33-19-28(39)35(14-13-21-7-10-25(38)11-8-21)27(36(33)29(40)32-16-22-5-3-2-4-6-22)18-34(20-37)17-23-15-24(30)9-12-26(23)31/h2-12,15,20,27,38H,13-14,16-19H2,1H3,(H,32,40). The quantitative estimate of drug-likeness (QED) is 0.378. The third-order valence-electron chi connectivity index (χ3n) is 6.69. The van der Waals surface area contributed by atoms with Crippen LogP contribution >= 0.6 is 0 Å². The Morgan fingerprint density at radius 3 is 2.50 bits per heavy atom. The molecule has 210 valence electrons. The summed E-state index contributed by atoms with van der Waals surface area (Å²) in [6.45, 7) is -0.0310. The second-order valence-electron chi connectivity index (χ2n) is 9.56. The first-order chi connectivity index (χ1) is 19.2. The summed E-state index contributed by atoms with van der Waals surface area (Å²) in [7, 11) is 1.60. The van der Waals surface area contributed by atoms with Gasteiger partial charge in [-0.3, -0.25) is 9.59 Å². The van der Waals surface area contributed by atoms with Gasteiger partial charge in [-0.25, -0.2) is 23.6 Å². The number of aromatic hydroxyl groups is 1. The highest BCUT2D eigenvalue weighted by Crippen LogP contribution is 2.21. The zero-order chi connectivity index (χ0) is 28.6. The Morgan fingerprint density at radius 1 is 1.07 bits per heavy atom. The number of urea groups is 1. The number of hydrogen-bond donors (Lipinski definition) is 2. The maximum Gasteiger partial charge on any atom is 0.334 e. The minimum Gasteiger partial charge on any atom is -0.508 e. The molecule has 0 radical (unpaired) electrons. The van der Waals surface area contributed by atoms with E-state index in [1.807, 2.05) is 30.3 Å². The van der Waals surface area contributed by atoms with E-state index in [1.165, 1.54) is 19.8 Å². The van der Waals surface area contributed by atoms with Gasteiger partial charge in [0, 0.05) is 32.2 Å². The van der Waals surface area contributed by atoms with Crippen molar-refractivity contribution in [2.24, 2.45) is 0 Å². The number of carbonyl (C=O) groups is 3. The molecule has 3 aromatic rings. The highest BCUT2D eigenvalue weighted by Gasteiger charge is 2.41. The van der Waals surface area contributed by atoms with Gasteiger partial charge < -0.3 is 20.2 Å². The SMILES string of the molecule is CN1CC(=O)N(CCc2ccc(O)cc2)C(CN(C=O)Cc2cc(F)ccc2F)N1C(=O)NCc1ccccc1. The Labute approximate surface area is 231 Å². The number of hydrazine groups is 1. The van der Waals surface area contributed by atoms with Crippen molar-refractivity contribution in [3.63, 3.8) is 0 Å². The van der Waals surface area contributed by atoms with Crippen LogP contribution in [0.2, 0.25) is 0 Å². The van der Waals surface area contributed by atoms with Crippen LogP contribution in [-0.2, 0) is 29.1 Å². The summed E-state index contributed by atoms with van der Waals surface area (Å²) in [5.74, 6) is -1.47. The molecule has 1 fully saturated rings. The second kappa shape index (κ2) is 13.0. The van der Waals surface area contributed by atoms with Gasteiger partial charge in [-0.15, -0.1) is 0 Å². The first-order valence-corrected chi connectivity index (χ1v) is 12.8. The van der Waals surface area contributed by atoms with E-state index in [0.29, 0.717) is 12.8 Å². The smallest absolute Gasteiger partial charge is 0.334 e. The highest BCUT2D eigenvalue weighted by atomic mass is 19.1. The molecule has 0 saturated carbocycles. The summed E-state index contributed by atoms with van der Waals surface area (Å²) in [5.41, 5.74) is 1.71. The summed E-state index contributed by atoms with van der Waals surface area (Å²) in [6, 6.07) is 18.4. The number of nitrogens with zero attached hydrogens (tertiary/aromatic N) is 4. The molecule has 0 aliphatic carbocycles. The number of carbonyl (C=O) groups excluding carboxylic acids is 3. The van der Waals surface area contributed by atoms with Crippen molar-refractivity contribution in [1.29, 1.82) is 0 Å². The highest BCUT2D eigenvalue weighted by molar-refractivity contribution is 5.82. The van der Waals surface area contributed by atoms with Gasteiger partial charge >= 0.3 is 6.03 Å². The van der Waals surface area contributed by atoms with Crippen LogP contribution in [0.4, 0.5) is 13.6 Å². The number of likely N-dealkylation sites (N-methyl/N-ethyl adjacent to an activating group) is 1. The van der Waals surface area contributed by atoms with Gasteiger partial charge in [-0.2, -0.15) is 0 Å². The Bertz CT molecular complexity index is 1330. The topological polar surface area (TPSA) is 96.4 Å². The van der Waals surface area contributed by atoms with Crippen molar-refractivity contribution in [2.45, 2.75) is 25.7 Å².